The van der Waals surface area contributed by atoms with E-state index in [1.807, 2.05) is 12.1 Å². The summed E-state index contributed by atoms with van der Waals surface area (Å²) in [4.78, 5) is 2.74. The van der Waals surface area contributed by atoms with Gasteiger partial charge in [0.25, 0.3) is 0 Å². The first kappa shape index (κ1) is 18.6. The fourth-order valence-electron chi connectivity index (χ4n) is 5.84. The molecule has 1 saturated carbocycles. The molecule has 1 saturated heterocycles. The first-order valence-corrected chi connectivity index (χ1v) is 10.1. The molecule has 2 bridgehead atoms. The molecule has 3 atom stereocenters. The number of halogens is 1. The van der Waals surface area contributed by atoms with Gasteiger partial charge in [0.2, 0.25) is 0 Å². The Hall–Kier alpha value is -1.77. The van der Waals surface area contributed by atoms with Gasteiger partial charge in [0.15, 0.2) is 0 Å². The lowest BCUT2D eigenvalue weighted by molar-refractivity contribution is 0.0105. The van der Waals surface area contributed by atoms with Crippen molar-refractivity contribution < 1.29 is 5.11 Å². The van der Waals surface area contributed by atoms with Crippen molar-refractivity contribution in [3.63, 3.8) is 0 Å². The molecular weight excluding hydrogens is 354 g/mol. The van der Waals surface area contributed by atoms with Gasteiger partial charge in [0, 0.05) is 23.9 Å². The van der Waals surface area contributed by atoms with Crippen LogP contribution in [-0.2, 0) is 11.8 Å². The zero-order valence-electron chi connectivity index (χ0n) is 15.7. The molecule has 0 radical (unpaired) electrons. The first-order valence-electron chi connectivity index (χ1n) is 10.1. The van der Waals surface area contributed by atoms with E-state index >= 15 is 0 Å². The maximum absolute atomic E-state index is 10.1. The number of phenols is 1. The largest absolute Gasteiger partial charge is 0.508 e. The van der Waals surface area contributed by atoms with Crippen LogP contribution in [0.1, 0.15) is 42.4 Å². The molecule has 1 aliphatic heterocycles. The lowest BCUT2D eigenvalue weighted by atomic mass is 9.54. The minimum Gasteiger partial charge on any atom is -0.508 e. The molecule has 0 spiro atoms. The van der Waals surface area contributed by atoms with E-state index in [4.69, 9.17) is 0 Å². The van der Waals surface area contributed by atoms with E-state index in [-0.39, 0.29) is 17.8 Å². The molecule has 0 aromatic heterocycles. The van der Waals surface area contributed by atoms with Gasteiger partial charge in [0.1, 0.15) is 5.75 Å². The van der Waals surface area contributed by atoms with Crippen LogP contribution in [0.15, 0.2) is 54.6 Å². The van der Waals surface area contributed by atoms with Crippen molar-refractivity contribution in [3.8, 4) is 5.75 Å². The third kappa shape index (κ3) is 3.09. The Morgan fingerprint density at radius 3 is 2.78 bits per heavy atom. The predicted octanol–water partition coefficient (Wildman–Crippen LogP) is 5.20. The molecule has 2 aliphatic carbocycles. The van der Waals surface area contributed by atoms with Crippen molar-refractivity contribution in [1.29, 1.82) is 0 Å². The molecule has 0 unspecified atom stereocenters. The summed E-state index contributed by atoms with van der Waals surface area (Å²) in [7, 11) is 0. The number of nitrogens with zero attached hydrogens (tertiary/aromatic N) is 1. The molecule has 27 heavy (non-hydrogen) atoms. The van der Waals surface area contributed by atoms with Crippen LogP contribution in [0.25, 0.3) is 6.08 Å². The smallest absolute Gasteiger partial charge is 0.115 e. The summed E-state index contributed by atoms with van der Waals surface area (Å²) in [5.41, 5.74) is 4.40. The highest BCUT2D eigenvalue weighted by Crippen LogP contribution is 2.55. The summed E-state index contributed by atoms with van der Waals surface area (Å²) in [5, 5.41) is 10.1. The fraction of sp³-hybridized carbons (Fsp3) is 0.417. The Morgan fingerprint density at radius 2 is 1.93 bits per heavy atom. The molecule has 0 amide bonds. The van der Waals surface area contributed by atoms with Crippen molar-refractivity contribution in [3.05, 3.63) is 71.3 Å². The molecule has 3 heteroatoms. The van der Waals surface area contributed by atoms with Gasteiger partial charge in [0.05, 0.1) is 0 Å². The first-order chi connectivity index (χ1) is 12.8. The Labute approximate surface area is 168 Å². The highest BCUT2D eigenvalue weighted by molar-refractivity contribution is 5.85. The Bertz CT molecular complexity index is 834. The van der Waals surface area contributed by atoms with E-state index in [0.29, 0.717) is 17.7 Å². The molecule has 3 aliphatic rings. The van der Waals surface area contributed by atoms with Gasteiger partial charge in [-0.15, -0.1) is 12.4 Å². The van der Waals surface area contributed by atoms with E-state index in [1.165, 1.54) is 48.9 Å². The van der Waals surface area contributed by atoms with E-state index in [1.54, 1.807) is 0 Å². The molecule has 2 aromatic rings. The van der Waals surface area contributed by atoms with Crippen LogP contribution < -0.4 is 0 Å². The Morgan fingerprint density at radius 1 is 1.07 bits per heavy atom. The van der Waals surface area contributed by atoms with Crippen molar-refractivity contribution in [2.24, 2.45) is 5.92 Å². The maximum Gasteiger partial charge on any atom is 0.115 e. The maximum atomic E-state index is 10.1. The second kappa shape index (κ2) is 7.33. The van der Waals surface area contributed by atoms with Crippen LogP contribution in [0.5, 0.6) is 5.75 Å². The Kier molecular flexibility index (Phi) is 5.05. The van der Waals surface area contributed by atoms with E-state index in [0.717, 1.165) is 13.0 Å². The van der Waals surface area contributed by atoms with Crippen LogP contribution in [0, 0.1) is 5.92 Å². The predicted molar refractivity (Wildman–Crippen MR) is 114 cm³/mol. The Balaban J connectivity index is 0.00000180. The van der Waals surface area contributed by atoms with Crippen LogP contribution in [-0.4, -0.2) is 29.1 Å². The lowest BCUT2D eigenvalue weighted by Crippen LogP contribution is -2.59. The summed E-state index contributed by atoms with van der Waals surface area (Å²) in [6.07, 6.45) is 11.0. The van der Waals surface area contributed by atoms with Crippen molar-refractivity contribution in [1.82, 2.24) is 4.90 Å². The number of rotatable bonds is 3. The summed E-state index contributed by atoms with van der Waals surface area (Å²) in [6, 6.07) is 17.5. The summed E-state index contributed by atoms with van der Waals surface area (Å²) in [5.74, 6) is 1.01. The van der Waals surface area contributed by atoms with E-state index < -0.39 is 0 Å². The van der Waals surface area contributed by atoms with Crippen LogP contribution >= 0.6 is 12.4 Å². The van der Waals surface area contributed by atoms with Crippen LogP contribution in [0.4, 0.5) is 0 Å². The monoisotopic (exact) mass is 381 g/mol. The lowest BCUT2D eigenvalue weighted by Gasteiger charge is -2.57. The third-order valence-electron chi connectivity index (χ3n) is 7.08. The minimum absolute atomic E-state index is 0. The standard InChI is InChI=1S/C24H27NO.ClH/c26-20-10-8-19-9-11-21-23-7-4-13-24(21,22(19)17-20)14-16-25(23)15-12-18-5-2-1-3-6-18;/h1-3,5-6,8-11,17,21,23,26H,4,7,12-16H2;1H/t21-,23+,24-;/m1./s1. The van der Waals surface area contributed by atoms with E-state index in [9.17, 15) is 5.11 Å². The number of piperidine rings is 1. The normalized spacial score (nSPS) is 28.7. The number of aromatic hydroxyl groups is 1. The molecule has 2 aromatic carbocycles. The zero-order chi connectivity index (χ0) is 17.6. The van der Waals surface area contributed by atoms with Crippen molar-refractivity contribution in [2.45, 2.75) is 43.6 Å². The van der Waals surface area contributed by atoms with Gasteiger partial charge in [-0.25, -0.2) is 0 Å². The average Bonchev–Trinajstić information content (AvgIpc) is 2.67. The summed E-state index contributed by atoms with van der Waals surface area (Å²) in [6.45, 7) is 2.33. The van der Waals surface area contributed by atoms with Crippen LogP contribution in [0.3, 0.4) is 0 Å². The number of fused-ring (bicyclic) bond motifs is 1. The van der Waals surface area contributed by atoms with Gasteiger partial charge in [-0.3, -0.25) is 4.90 Å². The quantitative estimate of drug-likeness (QED) is 0.790. The van der Waals surface area contributed by atoms with Gasteiger partial charge >= 0.3 is 0 Å². The molecule has 2 nitrogen and oxygen atoms in total. The summed E-state index contributed by atoms with van der Waals surface area (Å²) >= 11 is 0. The topological polar surface area (TPSA) is 23.5 Å². The number of likely N-dealkylation sites (tertiary alicyclic amines) is 1. The molecule has 142 valence electrons. The molecule has 1 heterocycles. The van der Waals surface area contributed by atoms with Gasteiger partial charge in [-0.05, 0) is 61.1 Å². The van der Waals surface area contributed by atoms with E-state index in [2.05, 4.69) is 53.5 Å². The van der Waals surface area contributed by atoms with Gasteiger partial charge < -0.3 is 5.11 Å². The van der Waals surface area contributed by atoms with Gasteiger partial charge in [-0.2, -0.15) is 0 Å². The van der Waals surface area contributed by atoms with Crippen molar-refractivity contribution in [2.75, 3.05) is 13.1 Å². The summed E-state index contributed by atoms with van der Waals surface area (Å²) < 4.78 is 0. The third-order valence-corrected chi connectivity index (χ3v) is 7.08. The van der Waals surface area contributed by atoms with Crippen molar-refractivity contribution >= 4 is 18.5 Å². The SMILES string of the molecule is Cl.Oc1ccc2c(c1)[C@@]13CCC[C@@H]([C@H]1C=C2)N(CCc1ccccc1)CC3. The molecular formula is C24H28ClNO. The number of benzene rings is 2. The number of hydrogen-bond acceptors (Lipinski definition) is 2. The number of phenolic OH excluding ortho intramolecular Hbond substituents is 1. The molecule has 2 fully saturated rings. The average molecular weight is 382 g/mol. The fourth-order valence-corrected chi connectivity index (χ4v) is 5.84. The zero-order valence-corrected chi connectivity index (χ0v) is 16.5. The molecule has 1 N–H and O–H groups in total. The number of hydrogen-bond donors (Lipinski definition) is 1. The highest BCUT2D eigenvalue weighted by atomic mass is 35.5. The second-order valence-corrected chi connectivity index (χ2v) is 8.29. The van der Waals surface area contributed by atoms with Gasteiger partial charge in [-0.1, -0.05) is 55.0 Å². The van der Waals surface area contributed by atoms with Crippen LogP contribution in [0.2, 0.25) is 0 Å². The molecule has 5 rings (SSSR count). The second-order valence-electron chi connectivity index (χ2n) is 8.29. The highest BCUT2D eigenvalue weighted by Gasteiger charge is 2.52. The minimum atomic E-state index is 0.